The molecule has 2 bridgehead atoms. The Balaban J connectivity index is 1.87. The SMILES string of the molecule is Cc1cc(C#N)cc(C)c1C(=O)C1CC2CCCC(C1)N2. The summed E-state index contributed by atoms with van der Waals surface area (Å²) >= 11 is 0. The maximum Gasteiger partial charge on any atom is 0.166 e. The van der Waals surface area contributed by atoms with Crippen LogP contribution in [0, 0.1) is 31.1 Å². The van der Waals surface area contributed by atoms with Crippen molar-refractivity contribution >= 4 is 5.78 Å². The lowest BCUT2D eigenvalue weighted by atomic mass is 9.76. The molecule has 0 amide bonds. The Morgan fingerprint density at radius 1 is 1.19 bits per heavy atom. The summed E-state index contributed by atoms with van der Waals surface area (Å²) in [5, 5.41) is 12.7. The first kappa shape index (κ1) is 14.3. The van der Waals surface area contributed by atoms with E-state index in [1.165, 1.54) is 19.3 Å². The normalized spacial score (nSPS) is 28.0. The number of piperidine rings is 2. The maximum atomic E-state index is 13.0. The summed E-state index contributed by atoms with van der Waals surface area (Å²) in [5.41, 5.74) is 3.38. The number of carbonyl (C=O) groups is 1. The summed E-state index contributed by atoms with van der Waals surface area (Å²) < 4.78 is 0. The van der Waals surface area contributed by atoms with Gasteiger partial charge in [-0.05, 0) is 62.8 Å². The van der Waals surface area contributed by atoms with Crippen molar-refractivity contribution in [2.24, 2.45) is 5.92 Å². The van der Waals surface area contributed by atoms with E-state index >= 15 is 0 Å². The number of nitriles is 1. The third kappa shape index (κ3) is 2.73. The summed E-state index contributed by atoms with van der Waals surface area (Å²) in [5.74, 6) is 0.430. The number of ketones is 1. The highest BCUT2D eigenvalue weighted by molar-refractivity contribution is 6.00. The van der Waals surface area contributed by atoms with Crippen LogP contribution in [-0.4, -0.2) is 17.9 Å². The van der Waals surface area contributed by atoms with Gasteiger partial charge in [0, 0.05) is 23.6 Å². The van der Waals surface area contributed by atoms with Gasteiger partial charge in [0.25, 0.3) is 0 Å². The Labute approximate surface area is 126 Å². The molecule has 2 aliphatic heterocycles. The average molecular weight is 282 g/mol. The van der Waals surface area contributed by atoms with Crippen LogP contribution >= 0.6 is 0 Å². The molecule has 0 aromatic heterocycles. The molecule has 1 aromatic rings. The van der Waals surface area contributed by atoms with Crippen LogP contribution in [0.15, 0.2) is 12.1 Å². The third-order valence-electron chi connectivity index (χ3n) is 4.99. The lowest BCUT2D eigenvalue weighted by Gasteiger charge is -2.40. The lowest BCUT2D eigenvalue weighted by molar-refractivity contribution is 0.0824. The Hall–Kier alpha value is -1.66. The third-order valence-corrected chi connectivity index (χ3v) is 4.99. The van der Waals surface area contributed by atoms with E-state index in [4.69, 9.17) is 5.26 Å². The fourth-order valence-corrected chi connectivity index (χ4v) is 4.10. The van der Waals surface area contributed by atoms with Crippen LogP contribution in [0.1, 0.15) is 59.2 Å². The summed E-state index contributed by atoms with van der Waals surface area (Å²) in [6, 6.07) is 6.87. The van der Waals surface area contributed by atoms with Crippen molar-refractivity contribution in [3.8, 4) is 6.07 Å². The van der Waals surface area contributed by atoms with Crippen LogP contribution in [0.25, 0.3) is 0 Å². The Bertz CT molecular complexity index is 579. The van der Waals surface area contributed by atoms with Gasteiger partial charge in [0.15, 0.2) is 5.78 Å². The molecule has 2 unspecified atom stereocenters. The van der Waals surface area contributed by atoms with Crippen molar-refractivity contribution < 1.29 is 4.79 Å². The van der Waals surface area contributed by atoms with Gasteiger partial charge in [-0.3, -0.25) is 4.79 Å². The van der Waals surface area contributed by atoms with Gasteiger partial charge in [0.1, 0.15) is 0 Å². The number of rotatable bonds is 2. The van der Waals surface area contributed by atoms with Gasteiger partial charge in [0.2, 0.25) is 0 Å². The van der Waals surface area contributed by atoms with Crippen molar-refractivity contribution in [1.82, 2.24) is 5.32 Å². The molecule has 3 heteroatoms. The molecule has 2 saturated heterocycles. The van der Waals surface area contributed by atoms with E-state index < -0.39 is 0 Å². The number of Topliss-reactive ketones (excluding diaryl/α,β-unsaturated/α-hetero) is 1. The van der Waals surface area contributed by atoms with Crippen LogP contribution in [-0.2, 0) is 0 Å². The molecule has 2 fully saturated rings. The predicted octanol–water partition coefficient (Wildman–Crippen LogP) is 3.28. The van der Waals surface area contributed by atoms with E-state index in [9.17, 15) is 4.79 Å². The molecule has 0 aliphatic carbocycles. The molecule has 1 N–H and O–H groups in total. The molecular weight excluding hydrogens is 260 g/mol. The molecule has 2 atom stereocenters. The van der Waals surface area contributed by atoms with Crippen molar-refractivity contribution in [3.63, 3.8) is 0 Å². The van der Waals surface area contributed by atoms with Gasteiger partial charge in [-0.25, -0.2) is 0 Å². The second-order valence-corrected chi connectivity index (χ2v) is 6.62. The van der Waals surface area contributed by atoms with E-state index in [2.05, 4.69) is 11.4 Å². The predicted molar refractivity (Wildman–Crippen MR) is 82.2 cm³/mol. The minimum atomic E-state index is 0.145. The van der Waals surface area contributed by atoms with Gasteiger partial charge in [-0.1, -0.05) is 6.42 Å². The molecule has 2 aliphatic rings. The fraction of sp³-hybridized carbons (Fsp3) is 0.556. The minimum Gasteiger partial charge on any atom is -0.311 e. The molecule has 3 nitrogen and oxygen atoms in total. The lowest BCUT2D eigenvalue weighted by Crippen LogP contribution is -2.50. The maximum absolute atomic E-state index is 13.0. The zero-order chi connectivity index (χ0) is 15.0. The van der Waals surface area contributed by atoms with Crippen molar-refractivity contribution in [1.29, 1.82) is 5.26 Å². The number of hydrogen-bond acceptors (Lipinski definition) is 3. The van der Waals surface area contributed by atoms with Crippen LogP contribution in [0.2, 0.25) is 0 Å². The van der Waals surface area contributed by atoms with Gasteiger partial charge < -0.3 is 5.32 Å². The highest BCUT2D eigenvalue weighted by Crippen LogP contribution is 2.33. The van der Waals surface area contributed by atoms with Crippen molar-refractivity contribution in [2.45, 2.75) is 58.0 Å². The van der Waals surface area contributed by atoms with Gasteiger partial charge in [0.05, 0.1) is 11.6 Å². The molecular formula is C18H22N2O. The highest BCUT2D eigenvalue weighted by atomic mass is 16.1. The number of fused-ring (bicyclic) bond motifs is 2. The van der Waals surface area contributed by atoms with E-state index in [1.54, 1.807) is 0 Å². The van der Waals surface area contributed by atoms with Crippen LogP contribution < -0.4 is 5.32 Å². The van der Waals surface area contributed by atoms with Crippen LogP contribution in [0.5, 0.6) is 0 Å². The molecule has 1 aromatic carbocycles. The number of carbonyl (C=O) groups excluding carboxylic acids is 1. The summed E-state index contributed by atoms with van der Waals surface area (Å²) in [6.45, 7) is 3.89. The monoisotopic (exact) mass is 282 g/mol. The van der Waals surface area contributed by atoms with Crippen LogP contribution in [0.3, 0.4) is 0 Å². The van der Waals surface area contributed by atoms with Crippen molar-refractivity contribution in [3.05, 3.63) is 34.4 Å². The number of hydrogen-bond donors (Lipinski definition) is 1. The highest BCUT2D eigenvalue weighted by Gasteiger charge is 2.35. The second kappa shape index (κ2) is 5.61. The molecule has 21 heavy (non-hydrogen) atoms. The van der Waals surface area contributed by atoms with Crippen molar-refractivity contribution in [2.75, 3.05) is 0 Å². The van der Waals surface area contributed by atoms with E-state index in [1.807, 2.05) is 26.0 Å². The van der Waals surface area contributed by atoms with Gasteiger partial charge in [-0.2, -0.15) is 5.26 Å². The van der Waals surface area contributed by atoms with Crippen LogP contribution in [0.4, 0.5) is 0 Å². The first-order valence-electron chi connectivity index (χ1n) is 7.90. The van der Waals surface area contributed by atoms with Gasteiger partial charge in [-0.15, -0.1) is 0 Å². The standard InChI is InChI=1S/C18H22N2O/c1-11-6-13(10-19)7-12(2)17(11)18(21)14-8-15-4-3-5-16(9-14)20-15/h6-7,14-16,20H,3-5,8-9H2,1-2H3. The minimum absolute atomic E-state index is 0.145. The molecule has 3 rings (SSSR count). The topological polar surface area (TPSA) is 52.9 Å². The quantitative estimate of drug-likeness (QED) is 0.847. The van der Waals surface area contributed by atoms with Gasteiger partial charge >= 0.3 is 0 Å². The number of nitrogens with one attached hydrogen (secondary N) is 1. The molecule has 0 radical (unpaired) electrons. The molecule has 110 valence electrons. The summed E-state index contributed by atoms with van der Waals surface area (Å²) in [4.78, 5) is 13.0. The first-order chi connectivity index (χ1) is 10.1. The Morgan fingerprint density at radius 3 is 2.29 bits per heavy atom. The molecule has 0 saturated carbocycles. The largest absolute Gasteiger partial charge is 0.311 e. The zero-order valence-electron chi connectivity index (χ0n) is 12.8. The number of aryl methyl sites for hydroxylation is 2. The van der Waals surface area contributed by atoms with E-state index in [0.29, 0.717) is 17.6 Å². The zero-order valence-corrected chi connectivity index (χ0v) is 12.8. The number of nitrogens with zero attached hydrogens (tertiary/aromatic N) is 1. The Kier molecular flexibility index (Phi) is 3.82. The smallest absolute Gasteiger partial charge is 0.166 e. The number of benzene rings is 1. The van der Waals surface area contributed by atoms with E-state index in [-0.39, 0.29) is 11.7 Å². The summed E-state index contributed by atoms with van der Waals surface area (Å²) in [7, 11) is 0. The Morgan fingerprint density at radius 2 is 1.76 bits per heavy atom. The first-order valence-corrected chi connectivity index (χ1v) is 7.90. The molecule has 2 heterocycles. The summed E-state index contributed by atoms with van der Waals surface area (Å²) in [6.07, 6.45) is 5.62. The average Bonchev–Trinajstić information content (AvgIpc) is 2.45. The molecule has 0 spiro atoms. The second-order valence-electron chi connectivity index (χ2n) is 6.62. The van der Waals surface area contributed by atoms with E-state index in [0.717, 1.165) is 29.5 Å². The fourth-order valence-electron chi connectivity index (χ4n) is 4.10.